The van der Waals surface area contributed by atoms with Crippen LogP contribution in [0.5, 0.6) is 0 Å². The van der Waals surface area contributed by atoms with Crippen LogP contribution in [0.2, 0.25) is 0 Å². The molecule has 1 rings (SSSR count). The molecule has 100 valence electrons. The van der Waals surface area contributed by atoms with E-state index in [0.29, 0.717) is 0 Å². The fourth-order valence-electron chi connectivity index (χ4n) is 1.52. The van der Waals surface area contributed by atoms with E-state index in [9.17, 15) is 9.90 Å². The van der Waals surface area contributed by atoms with Gasteiger partial charge in [0.25, 0.3) is 0 Å². The van der Waals surface area contributed by atoms with Crippen LogP contribution < -0.4 is 5.32 Å². The maximum absolute atomic E-state index is 11.8. The highest BCUT2D eigenvalue weighted by Crippen LogP contribution is 2.18. The van der Waals surface area contributed by atoms with Crippen LogP contribution in [0.15, 0.2) is 30.3 Å². The Morgan fingerprint density at radius 2 is 1.89 bits per heavy atom. The summed E-state index contributed by atoms with van der Waals surface area (Å²) in [5.74, 6) is -0.364. The molecule has 4 heteroatoms. The number of benzene rings is 1. The number of hydrogen-bond acceptors (Lipinski definition) is 4. The van der Waals surface area contributed by atoms with Crippen molar-refractivity contribution in [2.24, 2.45) is 0 Å². The van der Waals surface area contributed by atoms with Gasteiger partial charge in [-0.3, -0.25) is 5.32 Å². The van der Waals surface area contributed by atoms with Gasteiger partial charge in [0.2, 0.25) is 0 Å². The van der Waals surface area contributed by atoms with E-state index in [4.69, 9.17) is 4.74 Å². The lowest BCUT2D eigenvalue weighted by Gasteiger charge is -2.30. The Morgan fingerprint density at radius 3 is 2.33 bits per heavy atom. The fourth-order valence-corrected chi connectivity index (χ4v) is 1.52. The third kappa shape index (κ3) is 3.82. The van der Waals surface area contributed by atoms with E-state index >= 15 is 0 Å². The first-order chi connectivity index (χ1) is 8.36. The maximum atomic E-state index is 11.8. The normalized spacial score (nSPS) is 14.9. The smallest absolute Gasteiger partial charge is 0.327 e. The van der Waals surface area contributed by atoms with Crippen molar-refractivity contribution in [1.29, 1.82) is 0 Å². The van der Waals surface area contributed by atoms with Crippen LogP contribution in [0.25, 0.3) is 0 Å². The Bertz CT molecular complexity index is 384. The van der Waals surface area contributed by atoms with Crippen molar-refractivity contribution in [3.63, 3.8) is 0 Å². The molecule has 1 aromatic rings. The van der Waals surface area contributed by atoms with Gasteiger partial charge in [-0.1, -0.05) is 30.3 Å². The molecule has 18 heavy (non-hydrogen) atoms. The zero-order valence-corrected chi connectivity index (χ0v) is 11.3. The Hall–Kier alpha value is -1.39. The van der Waals surface area contributed by atoms with Crippen molar-refractivity contribution in [3.05, 3.63) is 35.9 Å². The number of rotatable bonds is 5. The van der Waals surface area contributed by atoms with Gasteiger partial charge in [-0.05, 0) is 26.3 Å². The Balaban J connectivity index is 2.91. The minimum absolute atomic E-state index is 0.248. The highest BCUT2D eigenvalue weighted by Gasteiger charge is 2.29. The first kappa shape index (κ1) is 14.7. The number of esters is 1. The second-order valence-electron chi connectivity index (χ2n) is 4.91. The summed E-state index contributed by atoms with van der Waals surface area (Å²) in [4.78, 5) is 11.8. The Kier molecular flexibility index (Phi) is 4.87. The van der Waals surface area contributed by atoms with Crippen LogP contribution in [0.3, 0.4) is 0 Å². The average molecular weight is 251 g/mol. The van der Waals surface area contributed by atoms with E-state index in [1.807, 2.05) is 37.3 Å². The van der Waals surface area contributed by atoms with Gasteiger partial charge in [0.1, 0.15) is 6.04 Å². The van der Waals surface area contributed by atoms with Crippen LogP contribution in [0, 0.1) is 0 Å². The van der Waals surface area contributed by atoms with Crippen LogP contribution in [0.1, 0.15) is 32.4 Å². The van der Waals surface area contributed by atoms with Crippen LogP contribution >= 0.6 is 0 Å². The lowest BCUT2D eigenvalue weighted by molar-refractivity contribution is -0.144. The molecular formula is C14H21NO3. The first-order valence-corrected chi connectivity index (χ1v) is 5.97. The summed E-state index contributed by atoms with van der Waals surface area (Å²) in [6, 6.07) is 8.50. The topological polar surface area (TPSA) is 58.6 Å². The van der Waals surface area contributed by atoms with E-state index in [2.05, 4.69) is 5.32 Å². The molecule has 2 N–H and O–H groups in total. The van der Waals surface area contributed by atoms with E-state index in [1.54, 1.807) is 13.8 Å². The predicted molar refractivity (Wildman–Crippen MR) is 70.1 cm³/mol. The van der Waals surface area contributed by atoms with Crippen molar-refractivity contribution >= 4 is 5.97 Å². The number of ether oxygens (including phenoxy) is 1. The molecule has 0 heterocycles. The molecule has 0 bridgehead atoms. The van der Waals surface area contributed by atoms with Gasteiger partial charge < -0.3 is 9.84 Å². The molecular weight excluding hydrogens is 230 g/mol. The average Bonchev–Trinajstić information content (AvgIpc) is 2.34. The summed E-state index contributed by atoms with van der Waals surface area (Å²) in [6.45, 7) is 5.23. The quantitative estimate of drug-likeness (QED) is 0.781. The van der Waals surface area contributed by atoms with E-state index in [1.165, 1.54) is 7.11 Å². The molecule has 0 spiro atoms. The standard InChI is InChI=1S/C14H21NO3/c1-10(14(2,3)17)15-12(13(16)18-4)11-8-6-5-7-9-11/h5-10,12,15,17H,1-4H3. The summed E-state index contributed by atoms with van der Waals surface area (Å²) in [6.07, 6.45) is 0. The molecule has 1 aromatic carbocycles. The van der Waals surface area contributed by atoms with Gasteiger partial charge in [0.15, 0.2) is 0 Å². The van der Waals surface area contributed by atoms with Crippen molar-refractivity contribution in [3.8, 4) is 0 Å². The molecule has 0 aromatic heterocycles. The van der Waals surface area contributed by atoms with Gasteiger partial charge in [0, 0.05) is 6.04 Å². The molecule has 4 nitrogen and oxygen atoms in total. The highest BCUT2D eigenvalue weighted by atomic mass is 16.5. The Morgan fingerprint density at radius 1 is 1.33 bits per heavy atom. The largest absolute Gasteiger partial charge is 0.468 e. The number of methoxy groups -OCH3 is 1. The van der Waals surface area contributed by atoms with Gasteiger partial charge in [-0.2, -0.15) is 0 Å². The molecule has 2 atom stereocenters. The van der Waals surface area contributed by atoms with Crippen LogP contribution in [0.4, 0.5) is 0 Å². The van der Waals surface area contributed by atoms with Gasteiger partial charge >= 0.3 is 5.97 Å². The van der Waals surface area contributed by atoms with Gasteiger partial charge in [-0.15, -0.1) is 0 Å². The summed E-state index contributed by atoms with van der Waals surface area (Å²) >= 11 is 0. The van der Waals surface area contributed by atoms with Crippen molar-refractivity contribution in [2.75, 3.05) is 7.11 Å². The second kappa shape index (κ2) is 5.98. The number of aliphatic hydroxyl groups is 1. The molecule has 0 radical (unpaired) electrons. The zero-order chi connectivity index (χ0) is 13.8. The number of hydrogen-bond donors (Lipinski definition) is 2. The van der Waals surface area contributed by atoms with Gasteiger partial charge in [0.05, 0.1) is 12.7 Å². The van der Waals surface area contributed by atoms with E-state index < -0.39 is 11.6 Å². The minimum Gasteiger partial charge on any atom is -0.468 e. The summed E-state index contributed by atoms with van der Waals surface area (Å²) in [5, 5.41) is 13.0. The van der Waals surface area contributed by atoms with Crippen molar-refractivity contribution in [2.45, 2.75) is 38.5 Å². The van der Waals surface area contributed by atoms with Gasteiger partial charge in [-0.25, -0.2) is 4.79 Å². The van der Waals surface area contributed by atoms with E-state index in [-0.39, 0.29) is 12.0 Å². The molecule has 0 aliphatic heterocycles. The second-order valence-corrected chi connectivity index (χ2v) is 4.91. The molecule has 0 fully saturated rings. The molecule has 0 aliphatic rings. The number of carbonyl (C=O) groups excluding carboxylic acids is 1. The zero-order valence-electron chi connectivity index (χ0n) is 11.3. The summed E-state index contributed by atoms with van der Waals surface area (Å²) in [5.41, 5.74) is -0.0958. The SMILES string of the molecule is COC(=O)C(NC(C)C(C)(C)O)c1ccccc1. The Labute approximate surface area is 108 Å². The minimum atomic E-state index is -0.916. The third-order valence-corrected chi connectivity index (χ3v) is 3.05. The molecule has 0 amide bonds. The number of nitrogens with one attached hydrogen (secondary N) is 1. The van der Waals surface area contributed by atoms with Crippen LogP contribution in [-0.2, 0) is 9.53 Å². The molecule has 2 unspecified atom stereocenters. The molecule has 0 saturated carbocycles. The molecule has 0 aliphatic carbocycles. The van der Waals surface area contributed by atoms with Crippen LogP contribution in [-0.4, -0.2) is 29.8 Å². The highest BCUT2D eigenvalue weighted by molar-refractivity contribution is 5.77. The lowest BCUT2D eigenvalue weighted by atomic mass is 9.98. The van der Waals surface area contributed by atoms with Crippen molar-refractivity contribution < 1.29 is 14.6 Å². The number of carbonyl (C=O) groups is 1. The summed E-state index contributed by atoms with van der Waals surface area (Å²) < 4.78 is 4.80. The van der Waals surface area contributed by atoms with Crippen molar-refractivity contribution in [1.82, 2.24) is 5.32 Å². The lowest BCUT2D eigenvalue weighted by Crippen LogP contribution is -2.48. The first-order valence-electron chi connectivity index (χ1n) is 5.97. The maximum Gasteiger partial charge on any atom is 0.327 e. The molecule has 0 saturated heterocycles. The predicted octanol–water partition coefficient (Wildman–Crippen LogP) is 1.65. The third-order valence-electron chi connectivity index (χ3n) is 3.05. The monoisotopic (exact) mass is 251 g/mol. The van der Waals surface area contributed by atoms with E-state index in [0.717, 1.165) is 5.56 Å². The summed E-state index contributed by atoms with van der Waals surface area (Å²) in [7, 11) is 1.36. The fraction of sp³-hybridized carbons (Fsp3) is 0.500.